The van der Waals surface area contributed by atoms with Crippen molar-refractivity contribution in [2.45, 2.75) is 98.3 Å². The average Bonchev–Trinajstić information content (AvgIpc) is 2.44. The van der Waals surface area contributed by atoms with Gasteiger partial charge in [-0.05, 0) is 24.7 Å². The maximum Gasteiger partial charge on any atom is 0.306 e. The van der Waals surface area contributed by atoms with Crippen LogP contribution >= 0.6 is 0 Å². The van der Waals surface area contributed by atoms with E-state index in [-0.39, 0.29) is 5.92 Å². The van der Waals surface area contributed by atoms with E-state index in [4.69, 9.17) is 0 Å². The topological polar surface area (TPSA) is 37.3 Å². The van der Waals surface area contributed by atoms with Crippen LogP contribution in [0.15, 0.2) is 0 Å². The highest BCUT2D eigenvalue weighted by Crippen LogP contribution is 2.28. The van der Waals surface area contributed by atoms with Crippen molar-refractivity contribution in [2.75, 3.05) is 0 Å². The van der Waals surface area contributed by atoms with Gasteiger partial charge in [-0.15, -0.1) is 0 Å². The fourth-order valence-corrected chi connectivity index (χ4v) is 3.33. The summed E-state index contributed by atoms with van der Waals surface area (Å²) in [4.78, 5) is 11.6. The number of carboxylic acid groups (broad SMARTS) is 1. The highest BCUT2D eigenvalue weighted by atomic mass is 16.4. The lowest BCUT2D eigenvalue weighted by Crippen LogP contribution is -2.20. The standard InChI is InChI=1S/C19H38O2/c1-5-8-10-12-16(4)14-18(19(20)21)15-17(11-7-3)13-9-6-2/h16-18H,5-15H2,1-4H3,(H,20,21). The summed E-state index contributed by atoms with van der Waals surface area (Å²) in [5, 5.41) is 9.54. The summed E-state index contributed by atoms with van der Waals surface area (Å²) < 4.78 is 0. The zero-order chi connectivity index (χ0) is 16.1. The smallest absolute Gasteiger partial charge is 0.306 e. The number of carbonyl (C=O) groups is 1. The Morgan fingerprint density at radius 1 is 0.857 bits per heavy atom. The number of hydrogen-bond acceptors (Lipinski definition) is 1. The summed E-state index contributed by atoms with van der Waals surface area (Å²) in [6.07, 6.45) is 12.7. The maximum atomic E-state index is 11.6. The van der Waals surface area contributed by atoms with Crippen LogP contribution in [-0.4, -0.2) is 11.1 Å². The van der Waals surface area contributed by atoms with Crippen LogP contribution in [0, 0.1) is 17.8 Å². The summed E-state index contributed by atoms with van der Waals surface area (Å²) in [5.41, 5.74) is 0. The summed E-state index contributed by atoms with van der Waals surface area (Å²) in [5.74, 6) is 0.454. The zero-order valence-electron chi connectivity index (χ0n) is 14.9. The molecular weight excluding hydrogens is 260 g/mol. The third kappa shape index (κ3) is 10.8. The monoisotopic (exact) mass is 298 g/mol. The first-order valence-corrected chi connectivity index (χ1v) is 9.27. The summed E-state index contributed by atoms with van der Waals surface area (Å²) in [6, 6.07) is 0. The van der Waals surface area contributed by atoms with Crippen LogP contribution in [0.25, 0.3) is 0 Å². The van der Waals surface area contributed by atoms with Gasteiger partial charge in [0.2, 0.25) is 0 Å². The predicted molar refractivity (Wildman–Crippen MR) is 91.6 cm³/mol. The van der Waals surface area contributed by atoms with Crippen LogP contribution in [0.3, 0.4) is 0 Å². The minimum absolute atomic E-state index is 0.130. The van der Waals surface area contributed by atoms with Gasteiger partial charge in [-0.2, -0.15) is 0 Å². The summed E-state index contributed by atoms with van der Waals surface area (Å²) in [6.45, 7) is 8.87. The Labute approximate surface area is 132 Å². The van der Waals surface area contributed by atoms with Crippen LogP contribution in [0.1, 0.15) is 98.3 Å². The van der Waals surface area contributed by atoms with Crippen molar-refractivity contribution in [3.05, 3.63) is 0 Å². The molecular formula is C19H38O2. The lowest BCUT2D eigenvalue weighted by molar-refractivity contribution is -0.143. The Kier molecular flexibility index (Phi) is 12.8. The van der Waals surface area contributed by atoms with E-state index in [1.54, 1.807) is 0 Å². The second-order valence-corrected chi connectivity index (χ2v) is 6.90. The maximum absolute atomic E-state index is 11.6. The average molecular weight is 299 g/mol. The molecule has 0 saturated carbocycles. The molecule has 3 unspecified atom stereocenters. The van der Waals surface area contributed by atoms with Gasteiger partial charge in [0.15, 0.2) is 0 Å². The van der Waals surface area contributed by atoms with E-state index >= 15 is 0 Å². The minimum Gasteiger partial charge on any atom is -0.481 e. The molecule has 21 heavy (non-hydrogen) atoms. The number of aliphatic carboxylic acids is 1. The van der Waals surface area contributed by atoms with Gasteiger partial charge in [0.25, 0.3) is 0 Å². The molecule has 0 aliphatic carbocycles. The van der Waals surface area contributed by atoms with Crippen LogP contribution in [0.5, 0.6) is 0 Å². The minimum atomic E-state index is -0.574. The lowest BCUT2D eigenvalue weighted by atomic mass is 9.82. The first kappa shape index (κ1) is 20.5. The molecule has 0 aromatic rings. The van der Waals surface area contributed by atoms with Gasteiger partial charge in [0.05, 0.1) is 5.92 Å². The highest BCUT2D eigenvalue weighted by molar-refractivity contribution is 5.69. The quantitative estimate of drug-likeness (QED) is 0.383. The summed E-state index contributed by atoms with van der Waals surface area (Å²) in [7, 11) is 0. The molecule has 2 nitrogen and oxygen atoms in total. The molecule has 1 N–H and O–H groups in total. The Morgan fingerprint density at radius 3 is 2.05 bits per heavy atom. The molecule has 3 atom stereocenters. The second-order valence-electron chi connectivity index (χ2n) is 6.90. The molecule has 126 valence electrons. The number of unbranched alkanes of at least 4 members (excludes halogenated alkanes) is 3. The van der Waals surface area contributed by atoms with E-state index in [0.29, 0.717) is 11.8 Å². The van der Waals surface area contributed by atoms with Crippen molar-refractivity contribution in [3.8, 4) is 0 Å². The Hall–Kier alpha value is -0.530. The van der Waals surface area contributed by atoms with E-state index in [9.17, 15) is 9.90 Å². The number of carboxylic acids is 1. The SMILES string of the molecule is CCCCCC(C)CC(CC(CCC)CCCC)C(=O)O. The normalized spacial score (nSPS) is 15.6. The molecule has 0 saturated heterocycles. The van der Waals surface area contributed by atoms with Crippen molar-refractivity contribution >= 4 is 5.97 Å². The zero-order valence-corrected chi connectivity index (χ0v) is 14.9. The molecule has 0 aliphatic heterocycles. The molecule has 2 heteroatoms. The molecule has 0 fully saturated rings. The van der Waals surface area contributed by atoms with Gasteiger partial charge >= 0.3 is 5.97 Å². The third-order valence-corrected chi connectivity index (χ3v) is 4.62. The Bertz CT molecular complexity index is 250. The molecule has 0 aliphatic rings. The van der Waals surface area contributed by atoms with Gasteiger partial charge in [0.1, 0.15) is 0 Å². The number of rotatable bonds is 14. The largest absolute Gasteiger partial charge is 0.481 e. The van der Waals surface area contributed by atoms with Crippen LogP contribution in [0.2, 0.25) is 0 Å². The molecule has 0 bridgehead atoms. The van der Waals surface area contributed by atoms with Crippen molar-refractivity contribution in [3.63, 3.8) is 0 Å². The first-order chi connectivity index (χ1) is 10.0. The first-order valence-electron chi connectivity index (χ1n) is 9.27. The molecule has 0 heterocycles. The van der Waals surface area contributed by atoms with Crippen LogP contribution < -0.4 is 0 Å². The molecule has 0 radical (unpaired) electrons. The fourth-order valence-electron chi connectivity index (χ4n) is 3.33. The van der Waals surface area contributed by atoms with E-state index in [2.05, 4.69) is 27.7 Å². The Balaban J connectivity index is 4.33. The van der Waals surface area contributed by atoms with Gasteiger partial charge in [-0.25, -0.2) is 0 Å². The van der Waals surface area contributed by atoms with E-state index in [1.165, 1.54) is 57.8 Å². The van der Waals surface area contributed by atoms with E-state index in [1.807, 2.05) is 0 Å². The molecule has 0 amide bonds. The van der Waals surface area contributed by atoms with Crippen LogP contribution in [0.4, 0.5) is 0 Å². The van der Waals surface area contributed by atoms with Crippen molar-refractivity contribution < 1.29 is 9.90 Å². The fraction of sp³-hybridized carbons (Fsp3) is 0.947. The summed E-state index contributed by atoms with van der Waals surface area (Å²) >= 11 is 0. The lowest BCUT2D eigenvalue weighted by Gasteiger charge is -2.23. The third-order valence-electron chi connectivity index (χ3n) is 4.62. The van der Waals surface area contributed by atoms with Crippen molar-refractivity contribution in [1.82, 2.24) is 0 Å². The van der Waals surface area contributed by atoms with Gasteiger partial charge < -0.3 is 5.11 Å². The van der Waals surface area contributed by atoms with Crippen molar-refractivity contribution in [1.29, 1.82) is 0 Å². The van der Waals surface area contributed by atoms with Gasteiger partial charge in [0, 0.05) is 0 Å². The second kappa shape index (κ2) is 13.2. The van der Waals surface area contributed by atoms with Crippen LogP contribution in [-0.2, 0) is 4.79 Å². The molecule has 0 spiro atoms. The number of hydrogen-bond donors (Lipinski definition) is 1. The molecule has 0 aromatic heterocycles. The molecule has 0 aromatic carbocycles. The van der Waals surface area contributed by atoms with Gasteiger partial charge in [-0.3, -0.25) is 4.79 Å². The van der Waals surface area contributed by atoms with Crippen molar-refractivity contribution in [2.24, 2.45) is 17.8 Å². The predicted octanol–water partition coefficient (Wildman–Crippen LogP) is 6.29. The molecule has 0 rings (SSSR count). The van der Waals surface area contributed by atoms with E-state index in [0.717, 1.165) is 12.8 Å². The van der Waals surface area contributed by atoms with Gasteiger partial charge in [-0.1, -0.05) is 85.5 Å². The van der Waals surface area contributed by atoms with E-state index < -0.39 is 5.97 Å². The Morgan fingerprint density at radius 2 is 1.52 bits per heavy atom. The highest BCUT2D eigenvalue weighted by Gasteiger charge is 2.24.